The number of rotatable bonds is 3. The van der Waals surface area contributed by atoms with Crippen LogP contribution in [0.4, 0.5) is 5.69 Å². The van der Waals surface area contributed by atoms with E-state index in [4.69, 9.17) is 10.5 Å². The van der Waals surface area contributed by atoms with Gasteiger partial charge >= 0.3 is 5.97 Å². The van der Waals surface area contributed by atoms with E-state index in [-0.39, 0.29) is 12.4 Å². The number of ether oxygens (including phenoxy) is 1. The molecule has 0 fully saturated rings. The Balaban J connectivity index is 1.94. The van der Waals surface area contributed by atoms with E-state index in [0.29, 0.717) is 11.3 Å². The van der Waals surface area contributed by atoms with E-state index in [1.54, 1.807) is 6.07 Å². The van der Waals surface area contributed by atoms with Gasteiger partial charge in [0.1, 0.15) is 11.7 Å². The average Bonchev–Trinajstić information content (AvgIpc) is 2.95. The molecule has 5 heteroatoms. The number of carbonyl (C=O) groups is 1. The summed E-state index contributed by atoms with van der Waals surface area (Å²) in [5.74, 6) is -0.309. The van der Waals surface area contributed by atoms with Crippen LogP contribution in [0.3, 0.4) is 0 Å². The molecule has 3 rings (SSSR count). The third kappa shape index (κ3) is 3.70. The summed E-state index contributed by atoms with van der Waals surface area (Å²) in [5, 5.41) is 10.6. The number of nitriles is 1. The van der Waals surface area contributed by atoms with Crippen molar-refractivity contribution in [3.05, 3.63) is 59.8 Å². The van der Waals surface area contributed by atoms with Crippen molar-refractivity contribution in [1.29, 1.82) is 5.26 Å². The van der Waals surface area contributed by atoms with Crippen LogP contribution in [0.1, 0.15) is 31.9 Å². The van der Waals surface area contributed by atoms with Gasteiger partial charge in [-0.2, -0.15) is 5.26 Å². The van der Waals surface area contributed by atoms with Crippen molar-refractivity contribution in [3.63, 3.8) is 0 Å². The minimum absolute atomic E-state index is 0.134. The molecule has 26 heavy (non-hydrogen) atoms. The summed E-state index contributed by atoms with van der Waals surface area (Å²) in [7, 11) is 0. The van der Waals surface area contributed by atoms with Crippen molar-refractivity contribution in [1.82, 2.24) is 4.57 Å². The van der Waals surface area contributed by atoms with Gasteiger partial charge in [-0.1, -0.05) is 6.07 Å². The zero-order chi connectivity index (χ0) is 18.9. The molecule has 1 heterocycles. The van der Waals surface area contributed by atoms with Gasteiger partial charge in [0.05, 0.1) is 23.2 Å². The number of carbonyl (C=O) groups excluding carboxylic acids is 1. The molecule has 0 saturated carbocycles. The summed E-state index contributed by atoms with van der Waals surface area (Å²) in [5.41, 5.74) is 8.99. The highest BCUT2D eigenvalue weighted by Gasteiger charge is 2.17. The van der Waals surface area contributed by atoms with Crippen LogP contribution in [-0.4, -0.2) is 16.1 Å². The highest BCUT2D eigenvalue weighted by molar-refractivity contribution is 5.85. The Morgan fingerprint density at radius 1 is 1.19 bits per heavy atom. The van der Waals surface area contributed by atoms with E-state index in [1.807, 2.05) is 67.9 Å². The third-order valence-electron chi connectivity index (χ3n) is 3.92. The van der Waals surface area contributed by atoms with E-state index in [2.05, 4.69) is 6.07 Å². The maximum absolute atomic E-state index is 12.0. The van der Waals surface area contributed by atoms with E-state index in [9.17, 15) is 10.1 Å². The van der Waals surface area contributed by atoms with E-state index in [0.717, 1.165) is 22.2 Å². The van der Waals surface area contributed by atoms with Crippen LogP contribution in [0.15, 0.2) is 48.7 Å². The van der Waals surface area contributed by atoms with Crippen LogP contribution in [-0.2, 0) is 16.0 Å². The summed E-state index contributed by atoms with van der Waals surface area (Å²) in [4.78, 5) is 12.0. The summed E-state index contributed by atoms with van der Waals surface area (Å²) in [6, 6.07) is 15.3. The molecule has 0 unspecified atom stereocenters. The molecule has 0 saturated heterocycles. The zero-order valence-corrected chi connectivity index (χ0v) is 15.1. The van der Waals surface area contributed by atoms with Gasteiger partial charge in [-0.3, -0.25) is 4.79 Å². The van der Waals surface area contributed by atoms with Gasteiger partial charge in [0.25, 0.3) is 0 Å². The van der Waals surface area contributed by atoms with Crippen LogP contribution in [0.2, 0.25) is 0 Å². The van der Waals surface area contributed by atoms with Crippen molar-refractivity contribution in [2.45, 2.75) is 32.8 Å². The van der Waals surface area contributed by atoms with Crippen LogP contribution in [0, 0.1) is 11.3 Å². The monoisotopic (exact) mass is 347 g/mol. The van der Waals surface area contributed by atoms with Gasteiger partial charge < -0.3 is 15.0 Å². The first kappa shape index (κ1) is 17.6. The predicted molar refractivity (Wildman–Crippen MR) is 102 cm³/mol. The number of esters is 1. The second kappa shape index (κ2) is 6.57. The molecule has 1 aromatic heterocycles. The SMILES string of the molecule is CC(C)(C)OC(=O)Cc1ccc(-n2ccc3cc(N)ccc32)c(C#N)c1. The Morgan fingerprint density at radius 3 is 2.65 bits per heavy atom. The maximum Gasteiger partial charge on any atom is 0.310 e. The van der Waals surface area contributed by atoms with Gasteiger partial charge in [0, 0.05) is 17.3 Å². The number of aromatic nitrogens is 1. The van der Waals surface area contributed by atoms with Crippen molar-refractivity contribution >= 4 is 22.6 Å². The minimum Gasteiger partial charge on any atom is -0.460 e. The fourth-order valence-corrected chi connectivity index (χ4v) is 2.91. The van der Waals surface area contributed by atoms with Crippen molar-refractivity contribution in [2.24, 2.45) is 0 Å². The van der Waals surface area contributed by atoms with E-state index < -0.39 is 5.60 Å². The first-order chi connectivity index (χ1) is 12.3. The fraction of sp³-hybridized carbons (Fsp3) is 0.238. The zero-order valence-electron chi connectivity index (χ0n) is 15.1. The number of anilines is 1. The molecule has 2 aromatic carbocycles. The summed E-state index contributed by atoms with van der Waals surface area (Å²) in [6.45, 7) is 5.50. The molecule has 0 aliphatic rings. The fourth-order valence-electron chi connectivity index (χ4n) is 2.91. The van der Waals surface area contributed by atoms with Gasteiger partial charge in [0.15, 0.2) is 0 Å². The highest BCUT2D eigenvalue weighted by atomic mass is 16.6. The van der Waals surface area contributed by atoms with Gasteiger partial charge in [-0.05, 0) is 62.7 Å². The van der Waals surface area contributed by atoms with Crippen LogP contribution < -0.4 is 5.73 Å². The van der Waals surface area contributed by atoms with Gasteiger partial charge in [0.2, 0.25) is 0 Å². The first-order valence-corrected chi connectivity index (χ1v) is 8.39. The molecule has 132 valence electrons. The Kier molecular flexibility index (Phi) is 4.43. The molecule has 0 aliphatic carbocycles. The Labute approximate surface area is 152 Å². The van der Waals surface area contributed by atoms with Crippen molar-refractivity contribution < 1.29 is 9.53 Å². The normalized spacial score (nSPS) is 11.3. The molecule has 0 atom stereocenters. The van der Waals surface area contributed by atoms with Gasteiger partial charge in [-0.15, -0.1) is 0 Å². The summed E-state index contributed by atoms with van der Waals surface area (Å²) in [6.07, 6.45) is 2.04. The first-order valence-electron chi connectivity index (χ1n) is 8.39. The van der Waals surface area contributed by atoms with Crippen LogP contribution >= 0.6 is 0 Å². The number of hydrogen-bond donors (Lipinski definition) is 1. The minimum atomic E-state index is -0.527. The Bertz CT molecular complexity index is 1020. The van der Waals surface area contributed by atoms with E-state index in [1.165, 1.54) is 0 Å². The molecule has 0 bridgehead atoms. The molecular weight excluding hydrogens is 326 g/mol. The quantitative estimate of drug-likeness (QED) is 0.574. The molecule has 0 amide bonds. The summed E-state index contributed by atoms with van der Waals surface area (Å²) < 4.78 is 7.30. The molecule has 3 aromatic rings. The second-order valence-electron chi connectivity index (χ2n) is 7.23. The number of nitrogens with two attached hydrogens (primary N) is 1. The van der Waals surface area contributed by atoms with Crippen LogP contribution in [0.25, 0.3) is 16.6 Å². The van der Waals surface area contributed by atoms with E-state index >= 15 is 0 Å². The number of nitrogen functional groups attached to an aromatic ring is 1. The largest absolute Gasteiger partial charge is 0.460 e. The lowest BCUT2D eigenvalue weighted by atomic mass is 10.1. The molecule has 0 spiro atoms. The molecule has 5 nitrogen and oxygen atoms in total. The number of benzene rings is 2. The van der Waals surface area contributed by atoms with Crippen molar-refractivity contribution in [3.8, 4) is 11.8 Å². The van der Waals surface area contributed by atoms with Crippen LogP contribution in [0.5, 0.6) is 0 Å². The molecule has 2 N–H and O–H groups in total. The van der Waals surface area contributed by atoms with Gasteiger partial charge in [-0.25, -0.2) is 0 Å². The lowest BCUT2D eigenvalue weighted by Crippen LogP contribution is -2.24. The highest BCUT2D eigenvalue weighted by Crippen LogP contribution is 2.25. The van der Waals surface area contributed by atoms with Crippen molar-refractivity contribution in [2.75, 3.05) is 5.73 Å². The second-order valence-corrected chi connectivity index (χ2v) is 7.23. The molecular formula is C21H21N3O2. The standard InChI is InChI=1S/C21H21N3O2/c1-21(2,3)26-20(25)11-14-4-6-19(16(10-14)13-22)24-9-8-15-12-17(23)5-7-18(15)24/h4-10,12H,11,23H2,1-3H3. The molecule has 0 aliphatic heterocycles. The number of hydrogen-bond acceptors (Lipinski definition) is 4. The maximum atomic E-state index is 12.0. The average molecular weight is 347 g/mol. The molecule has 0 radical (unpaired) electrons. The lowest BCUT2D eigenvalue weighted by molar-refractivity contribution is -0.153. The number of fused-ring (bicyclic) bond motifs is 1. The Hall–Kier alpha value is -3.26. The lowest BCUT2D eigenvalue weighted by Gasteiger charge is -2.19. The Morgan fingerprint density at radius 2 is 1.96 bits per heavy atom. The topological polar surface area (TPSA) is 81.0 Å². The smallest absolute Gasteiger partial charge is 0.310 e. The predicted octanol–water partition coefficient (Wildman–Crippen LogP) is 3.97. The number of nitrogens with zero attached hydrogens (tertiary/aromatic N) is 2. The summed E-state index contributed by atoms with van der Waals surface area (Å²) >= 11 is 0. The third-order valence-corrected chi connectivity index (χ3v) is 3.92.